The fourth-order valence-electron chi connectivity index (χ4n) is 30.3. The van der Waals surface area contributed by atoms with Gasteiger partial charge in [0.25, 0.3) is 0 Å². The van der Waals surface area contributed by atoms with Crippen molar-refractivity contribution in [2.24, 2.45) is 131 Å². The number of allylic oxidation sites excluding steroid dienone is 10. The molecule has 0 radical (unpaired) electrons. The number of alkyl halides is 1. The van der Waals surface area contributed by atoms with E-state index < -0.39 is 116 Å². The molecule has 0 unspecified atom stereocenters. The number of aliphatic hydroxyl groups excluding tert-OH is 5. The normalized spacial score (nSPS) is 47.0. The third-order valence-electron chi connectivity index (χ3n) is 36.7. The van der Waals surface area contributed by atoms with Crippen molar-refractivity contribution in [3.63, 3.8) is 0 Å². The molecule has 0 aromatic carbocycles. The zero-order valence-electron chi connectivity index (χ0n) is 71.6. The van der Waals surface area contributed by atoms with Gasteiger partial charge in [0.1, 0.15) is 24.6 Å². The van der Waals surface area contributed by atoms with E-state index in [9.17, 15) is 88.2 Å². The molecule has 0 amide bonds. The van der Waals surface area contributed by atoms with Gasteiger partial charge in [-0.3, -0.25) is 57.5 Å². The Kier molecular flexibility index (Phi) is 23.3. The Labute approximate surface area is 694 Å². The molecule has 6 N–H and O–H groups in total. The second-order valence-corrected chi connectivity index (χ2v) is 42.0. The first-order chi connectivity index (χ1) is 54.6. The van der Waals surface area contributed by atoms with Gasteiger partial charge in [0.2, 0.25) is 5.78 Å². The molecule has 0 aromatic heterocycles. The maximum absolute atomic E-state index is 13.7. The van der Waals surface area contributed by atoms with Crippen LogP contribution in [0.3, 0.4) is 0 Å². The Balaban J connectivity index is 0.000000136. The number of aliphatic hydroxyl groups is 6. The molecule has 642 valence electrons. The van der Waals surface area contributed by atoms with Crippen LogP contribution in [-0.2, 0) is 71.7 Å². The van der Waals surface area contributed by atoms with Gasteiger partial charge in [-0.05, 0) is 245 Å². The van der Waals surface area contributed by atoms with Gasteiger partial charge in [0.15, 0.2) is 59.3 Å². The minimum absolute atomic E-state index is 0.0192. The van der Waals surface area contributed by atoms with Crippen molar-refractivity contribution in [1.82, 2.24) is 0 Å². The number of halogens is 1. The van der Waals surface area contributed by atoms with Crippen LogP contribution >= 0.6 is 11.6 Å². The summed E-state index contributed by atoms with van der Waals surface area (Å²) in [6.07, 6.45) is 27.7. The summed E-state index contributed by atoms with van der Waals surface area (Å²) < 4.78 is 16.1. The third kappa shape index (κ3) is 13.0. The maximum Gasteiger partial charge on any atom is 0.305 e. The highest BCUT2D eigenvalue weighted by molar-refractivity contribution is 6.26. The first-order valence-corrected chi connectivity index (χ1v) is 44.1. The summed E-state index contributed by atoms with van der Waals surface area (Å²) in [5.74, 6) is -1.49. The number of fused-ring (bicyclic) bond motifs is 20. The van der Waals surface area contributed by atoms with Crippen molar-refractivity contribution < 1.29 is 102 Å². The van der Waals surface area contributed by atoms with Gasteiger partial charge in [-0.15, -0.1) is 11.6 Å². The van der Waals surface area contributed by atoms with E-state index in [0.717, 1.165) is 88.2 Å². The number of carbonyl (C=O) groups excluding carboxylic acids is 12. The summed E-state index contributed by atoms with van der Waals surface area (Å²) >= 11 is 7.45. The number of carbonyl (C=O) groups is 12. The minimum Gasteiger partial charge on any atom is -0.458 e. The van der Waals surface area contributed by atoms with Crippen LogP contribution in [0.4, 0.5) is 0 Å². The first-order valence-electron chi connectivity index (χ1n) is 43.7. The van der Waals surface area contributed by atoms with Gasteiger partial charge in [0, 0.05) is 83.9 Å². The molecule has 0 aromatic rings. The van der Waals surface area contributed by atoms with Crippen molar-refractivity contribution in [2.45, 2.75) is 286 Å². The topological polar surface area (TPSA) is 354 Å². The second kappa shape index (κ2) is 30.8. The van der Waals surface area contributed by atoms with Gasteiger partial charge >= 0.3 is 17.9 Å². The highest BCUT2D eigenvalue weighted by Crippen LogP contribution is 2.76. The summed E-state index contributed by atoms with van der Waals surface area (Å²) in [6.45, 7) is 26.8. The van der Waals surface area contributed by atoms with E-state index >= 15 is 0 Å². The lowest BCUT2D eigenvalue weighted by Gasteiger charge is -2.64. The average Bonchev–Trinajstić information content (AvgIpc) is 1.51. The van der Waals surface area contributed by atoms with E-state index in [2.05, 4.69) is 27.7 Å². The monoisotopic (exact) mass is 1640 g/mol. The smallest absolute Gasteiger partial charge is 0.305 e. The van der Waals surface area contributed by atoms with Crippen molar-refractivity contribution in [3.05, 3.63) is 70.9 Å². The van der Waals surface area contributed by atoms with Crippen LogP contribution in [0.5, 0.6) is 0 Å². The van der Waals surface area contributed by atoms with Crippen LogP contribution < -0.4 is 0 Å². The Morgan fingerprint density at radius 2 is 0.983 bits per heavy atom. The number of Topliss-reactive ketones (excluding diaryl/α,β-unsaturated/α-hetero) is 5. The second-order valence-electron chi connectivity index (χ2n) is 41.4. The Morgan fingerprint density at radius 3 is 1.50 bits per heavy atom. The van der Waals surface area contributed by atoms with Crippen LogP contribution in [0, 0.1) is 131 Å². The fraction of sp³-hybridized carbons (Fsp3) is 0.747. The van der Waals surface area contributed by atoms with Crippen LogP contribution in [0.1, 0.15) is 252 Å². The predicted molar refractivity (Wildman–Crippen MR) is 433 cm³/mol. The molecule has 16 rings (SSSR count). The summed E-state index contributed by atoms with van der Waals surface area (Å²) in [7, 11) is 0. The summed E-state index contributed by atoms with van der Waals surface area (Å²) in [5.41, 5.74) is -3.63. The largest absolute Gasteiger partial charge is 0.458 e. The van der Waals surface area contributed by atoms with E-state index in [1.54, 1.807) is 25.2 Å². The van der Waals surface area contributed by atoms with Gasteiger partial charge in [-0.1, -0.05) is 124 Å². The molecule has 0 bridgehead atoms. The molecule has 0 saturated heterocycles. The summed E-state index contributed by atoms with van der Waals surface area (Å²) in [5, 5.41) is 64.8. The molecule has 12 fully saturated rings. The predicted octanol–water partition coefficient (Wildman–Crippen LogP) is 12.4. The number of rotatable bonds is 12. The van der Waals surface area contributed by atoms with E-state index in [0.29, 0.717) is 75.0 Å². The quantitative estimate of drug-likeness (QED) is 0.0600. The van der Waals surface area contributed by atoms with Crippen LogP contribution in [0.15, 0.2) is 70.9 Å². The number of ether oxygens (including phenoxy) is 3. The molecule has 0 spiro atoms. The summed E-state index contributed by atoms with van der Waals surface area (Å²) in [6, 6.07) is 0. The molecule has 117 heavy (non-hydrogen) atoms. The first kappa shape index (κ1) is 88.7. The molecule has 0 aliphatic heterocycles. The number of ketones is 9. The molecule has 0 heterocycles. The van der Waals surface area contributed by atoms with Gasteiger partial charge in [-0.2, -0.15) is 0 Å². The minimum atomic E-state index is -1.66. The average molecular weight is 1640 g/mol. The van der Waals surface area contributed by atoms with Crippen LogP contribution in [0.2, 0.25) is 0 Å². The Bertz CT molecular complexity index is 4370. The number of hydrogen-bond acceptors (Lipinski definition) is 21. The Morgan fingerprint density at radius 1 is 0.496 bits per heavy atom. The molecule has 21 nitrogen and oxygen atoms in total. The lowest BCUT2D eigenvalue weighted by Crippen LogP contribution is -2.69. The molecule has 16 aliphatic rings. The van der Waals surface area contributed by atoms with E-state index in [1.165, 1.54) is 31.1 Å². The molecule has 29 atom stereocenters. The number of hydrogen-bond donors (Lipinski definition) is 6. The lowest BCUT2D eigenvalue weighted by molar-refractivity contribution is -0.202. The highest BCUT2D eigenvalue weighted by Gasteiger charge is 2.78. The lowest BCUT2D eigenvalue weighted by atomic mass is 9.44. The van der Waals surface area contributed by atoms with E-state index in [-0.39, 0.29) is 141 Å². The molecule has 22 heteroatoms. The van der Waals surface area contributed by atoms with Crippen LogP contribution in [-0.4, -0.2) is 161 Å². The molecular weight excluding hydrogens is 1510 g/mol. The summed E-state index contributed by atoms with van der Waals surface area (Å²) in [4.78, 5) is 148. The maximum atomic E-state index is 13.7. The standard InChI is InChI=1S/C27H35ClO7.C24H34O5.C22H28O5.C22H32O4/c1-6-23(33)34-14-22(32)27(35-16(3)29)15(2)11-20-19-8-7-17-12-18(30)9-10-24(17,4)26(19,28)21(31)13-25(20,27)5;1-14(25)29-13-20(28)23(3)10-8-18-17-6-5-15-11-16(26)7-9-22(15,2)21(17)19(27)12-24(18,23)4;1-12-8-16-15-5-4-13-9-14(24)6-7-20(13,2)19(15)17(25)10-21(16,3)22(12,27)18(26)11-23;1-20-8-6-14(24)10-13(20)4-5-15-16-7-9-21(2,18(26)12-23)22(16,3)11-17(25)19(15)20/h9-10,12,15,19-21,31H,6-8,11,13-14H2,1-5H3;11,17-19,21,27H,5-10,12-13H2,1-4H3;6-7,9,12,15-16,19,23,27H,4-5,8,10-11H2,1-3H3;10,15-17,19,23,25H,4-9,11-12H2,1-3H3/t15-,19+,20+,21+,24+,25+,26+,27+;17-,18-,19-,21+,22-,23+,24-;12-,15+,16+,19-,20+,21+,22+;15-,16-,17-,19+,20-,21+,22-/m1010/s1. The van der Waals surface area contributed by atoms with Crippen molar-refractivity contribution >= 4 is 81.6 Å². The molecule has 12 saturated carbocycles. The third-order valence-corrected chi connectivity index (χ3v) is 37.7. The van der Waals surface area contributed by atoms with Gasteiger partial charge in [-0.25, -0.2) is 0 Å². The highest BCUT2D eigenvalue weighted by atomic mass is 35.5. The zero-order chi connectivity index (χ0) is 85.8. The zero-order valence-corrected chi connectivity index (χ0v) is 72.4. The van der Waals surface area contributed by atoms with Crippen LogP contribution in [0.25, 0.3) is 0 Å². The number of esters is 3. The molecular formula is C95H129ClO21. The van der Waals surface area contributed by atoms with Crippen molar-refractivity contribution in [1.29, 1.82) is 0 Å². The Hall–Kier alpha value is -6.07. The van der Waals surface area contributed by atoms with E-state index in [1.807, 2.05) is 79.7 Å². The van der Waals surface area contributed by atoms with Crippen molar-refractivity contribution in [2.75, 3.05) is 26.4 Å². The SMILES string of the molecule is CC(=O)OCC(=O)[C@@]1(C)CC[C@H]2[C@@H]3CCC4=CC(=O)CC[C@]4(C)[C@H]3[C@@H](O)C[C@@]21C.CCC(=O)OCC(=O)[C@@]1(OC(C)=O)[C@H](C)C[C@H]2[C@@H]3CCC4=CC(=O)C=C[C@]4(C)[C@@]3(Cl)[C@@H](O)C[C@@]21C.C[C@@H]1C[C@H]2[C@@H]3CCC4=CC(=O)C=C[C@]4(C)[C@H]3C(=O)C[C@]2(C)[C@@]1(O)C(=O)CO.C[C@]12CCC(=O)C=C1CC[C@@H]1[C@@H]2[C@@H](O)C[C@@]2(C)[C@H]1CC[C@]2(C)C(=O)CO. The van der Waals surface area contributed by atoms with Gasteiger partial charge in [0.05, 0.1) is 23.2 Å². The van der Waals surface area contributed by atoms with Gasteiger partial charge < -0.3 is 44.8 Å². The van der Waals surface area contributed by atoms with Crippen molar-refractivity contribution in [3.8, 4) is 0 Å². The van der Waals surface area contributed by atoms with E-state index in [4.69, 9.17) is 25.8 Å². The molecule has 16 aliphatic carbocycles. The fourth-order valence-corrected chi connectivity index (χ4v) is 30.9.